The molecule has 0 aromatic carbocycles. The average Bonchev–Trinajstić information content (AvgIpc) is 2.24. The number of nitrogens with one attached hydrogen (secondary N) is 2. The number of aliphatic hydroxyl groups excluding tert-OH is 1. The van der Waals surface area contributed by atoms with Crippen molar-refractivity contribution >= 4 is 5.91 Å². The molecule has 15 heavy (non-hydrogen) atoms. The van der Waals surface area contributed by atoms with Crippen molar-refractivity contribution in [1.82, 2.24) is 10.6 Å². The number of aliphatic hydroxyl groups is 1. The summed E-state index contributed by atoms with van der Waals surface area (Å²) in [5, 5.41) is 22.5. The van der Waals surface area contributed by atoms with Crippen molar-refractivity contribution in [3.63, 3.8) is 0 Å². The van der Waals surface area contributed by atoms with Crippen LogP contribution >= 0.6 is 0 Å². The summed E-state index contributed by atoms with van der Waals surface area (Å²) in [5.74, 6) is -0.378. The molecule has 0 aliphatic heterocycles. The second-order valence-electron chi connectivity index (χ2n) is 2.96. The molecule has 0 bridgehead atoms. The summed E-state index contributed by atoms with van der Waals surface area (Å²) in [4.78, 5) is 11.3. The molecule has 0 unspecified atom stereocenters. The topological polar surface area (TPSA) is 85.2 Å². The minimum absolute atomic E-state index is 0.0274. The lowest BCUT2D eigenvalue weighted by molar-refractivity contribution is -0.117. The first-order valence-corrected chi connectivity index (χ1v) is 4.99. The van der Waals surface area contributed by atoms with Gasteiger partial charge in [-0.15, -0.1) is 0 Å². The summed E-state index contributed by atoms with van der Waals surface area (Å²) in [5.41, 5.74) is 0.0274. The monoisotopic (exact) mass is 211 g/mol. The molecular formula is C10H17N3O2. The van der Waals surface area contributed by atoms with E-state index in [4.69, 9.17) is 10.4 Å². The lowest BCUT2D eigenvalue weighted by Gasteiger charge is -2.03. The molecule has 0 saturated carbocycles. The first-order chi connectivity index (χ1) is 7.26. The van der Waals surface area contributed by atoms with Gasteiger partial charge in [-0.1, -0.05) is 13.3 Å². The molecular weight excluding hydrogens is 194 g/mol. The van der Waals surface area contributed by atoms with Crippen LogP contribution in [-0.2, 0) is 4.79 Å². The Morgan fingerprint density at radius 3 is 2.80 bits per heavy atom. The Hall–Kier alpha value is -1.54. The van der Waals surface area contributed by atoms with E-state index in [2.05, 4.69) is 10.6 Å². The van der Waals surface area contributed by atoms with Gasteiger partial charge in [-0.3, -0.25) is 4.79 Å². The Kier molecular flexibility index (Phi) is 8.10. The molecule has 84 valence electrons. The predicted molar refractivity (Wildman–Crippen MR) is 56.7 cm³/mol. The van der Waals surface area contributed by atoms with E-state index in [1.54, 1.807) is 6.07 Å². The van der Waals surface area contributed by atoms with E-state index in [9.17, 15) is 4.79 Å². The Bertz CT molecular complexity index is 256. The number of hydrogen-bond donors (Lipinski definition) is 3. The number of carbonyl (C=O) groups excluding carboxylic acids is 1. The third-order valence-corrected chi connectivity index (χ3v) is 1.68. The molecule has 0 aliphatic carbocycles. The van der Waals surface area contributed by atoms with Crippen LogP contribution in [0.3, 0.4) is 0 Å². The molecule has 0 fully saturated rings. The van der Waals surface area contributed by atoms with Crippen molar-refractivity contribution in [2.24, 2.45) is 0 Å². The van der Waals surface area contributed by atoms with E-state index >= 15 is 0 Å². The number of hydrogen-bond acceptors (Lipinski definition) is 4. The van der Waals surface area contributed by atoms with Crippen molar-refractivity contribution in [3.8, 4) is 6.07 Å². The van der Waals surface area contributed by atoms with E-state index in [0.29, 0.717) is 13.1 Å². The fourth-order valence-corrected chi connectivity index (χ4v) is 0.861. The van der Waals surface area contributed by atoms with Gasteiger partial charge in [-0.2, -0.15) is 5.26 Å². The molecule has 0 heterocycles. The third kappa shape index (κ3) is 6.52. The van der Waals surface area contributed by atoms with E-state index in [-0.39, 0.29) is 18.1 Å². The quantitative estimate of drug-likeness (QED) is 0.312. The van der Waals surface area contributed by atoms with Gasteiger partial charge in [0.05, 0.1) is 6.61 Å². The Labute approximate surface area is 89.8 Å². The van der Waals surface area contributed by atoms with Crippen LogP contribution in [0, 0.1) is 11.3 Å². The molecule has 0 rings (SSSR count). The molecule has 3 N–H and O–H groups in total. The number of nitrogens with zero attached hydrogens (tertiary/aromatic N) is 1. The summed E-state index contributed by atoms with van der Waals surface area (Å²) in [6, 6.07) is 1.79. The number of unbranched alkanes of at least 4 members (excludes halogenated alkanes) is 1. The predicted octanol–water partition coefficient (Wildman–Crippen LogP) is -0.108. The highest BCUT2D eigenvalue weighted by atomic mass is 16.3. The zero-order valence-corrected chi connectivity index (χ0v) is 8.92. The summed E-state index contributed by atoms with van der Waals surface area (Å²) >= 11 is 0. The zero-order valence-electron chi connectivity index (χ0n) is 8.92. The average molecular weight is 211 g/mol. The maximum absolute atomic E-state index is 11.3. The molecule has 0 aliphatic rings. The maximum atomic E-state index is 11.3. The number of nitriles is 1. The van der Waals surface area contributed by atoms with Gasteiger partial charge in [-0.25, -0.2) is 0 Å². The Balaban J connectivity index is 4.00. The second-order valence-corrected chi connectivity index (χ2v) is 2.96. The van der Waals surface area contributed by atoms with Gasteiger partial charge >= 0.3 is 0 Å². The van der Waals surface area contributed by atoms with Crippen molar-refractivity contribution in [2.45, 2.75) is 19.8 Å². The molecule has 0 aromatic rings. The van der Waals surface area contributed by atoms with Crippen LogP contribution in [0.4, 0.5) is 0 Å². The van der Waals surface area contributed by atoms with E-state index in [1.807, 2.05) is 6.92 Å². The fraction of sp³-hybridized carbons (Fsp3) is 0.600. The van der Waals surface area contributed by atoms with Crippen LogP contribution in [0.2, 0.25) is 0 Å². The molecule has 0 atom stereocenters. The summed E-state index contributed by atoms with van der Waals surface area (Å²) in [6.45, 7) is 2.89. The summed E-state index contributed by atoms with van der Waals surface area (Å²) in [6.07, 6.45) is 3.21. The van der Waals surface area contributed by atoms with E-state index in [0.717, 1.165) is 12.8 Å². The Morgan fingerprint density at radius 1 is 1.53 bits per heavy atom. The van der Waals surface area contributed by atoms with Gasteiger partial charge < -0.3 is 15.7 Å². The van der Waals surface area contributed by atoms with Gasteiger partial charge in [0.15, 0.2) is 0 Å². The van der Waals surface area contributed by atoms with E-state index in [1.165, 1.54) is 6.20 Å². The molecule has 5 nitrogen and oxygen atoms in total. The van der Waals surface area contributed by atoms with Gasteiger partial charge in [0, 0.05) is 19.3 Å². The molecule has 1 amide bonds. The first kappa shape index (κ1) is 13.5. The van der Waals surface area contributed by atoms with Gasteiger partial charge in [0.2, 0.25) is 0 Å². The third-order valence-electron chi connectivity index (χ3n) is 1.68. The van der Waals surface area contributed by atoms with Crippen LogP contribution in [0.5, 0.6) is 0 Å². The highest BCUT2D eigenvalue weighted by Gasteiger charge is 2.06. The van der Waals surface area contributed by atoms with Crippen molar-refractivity contribution in [1.29, 1.82) is 5.26 Å². The number of carbonyl (C=O) groups is 1. The fourth-order valence-electron chi connectivity index (χ4n) is 0.861. The molecule has 0 aromatic heterocycles. The van der Waals surface area contributed by atoms with Crippen LogP contribution in [-0.4, -0.2) is 30.7 Å². The SMILES string of the molecule is CCCCNC(=O)/C(C#N)=C\NCCO. The maximum Gasteiger partial charge on any atom is 0.263 e. The highest BCUT2D eigenvalue weighted by molar-refractivity contribution is 5.97. The molecule has 0 spiro atoms. The molecule has 0 radical (unpaired) electrons. The van der Waals surface area contributed by atoms with E-state index < -0.39 is 0 Å². The van der Waals surface area contributed by atoms with Crippen LogP contribution < -0.4 is 10.6 Å². The van der Waals surface area contributed by atoms with Crippen LogP contribution in [0.25, 0.3) is 0 Å². The van der Waals surface area contributed by atoms with Crippen molar-refractivity contribution < 1.29 is 9.90 Å². The number of amides is 1. The molecule has 5 heteroatoms. The zero-order chi connectivity index (χ0) is 11.5. The lowest BCUT2D eigenvalue weighted by atomic mass is 10.3. The van der Waals surface area contributed by atoms with Gasteiger partial charge in [0.1, 0.15) is 11.6 Å². The smallest absolute Gasteiger partial charge is 0.263 e. The minimum Gasteiger partial charge on any atom is -0.395 e. The summed E-state index contributed by atoms with van der Waals surface area (Å²) in [7, 11) is 0. The van der Waals surface area contributed by atoms with Crippen molar-refractivity contribution in [2.75, 3.05) is 19.7 Å². The number of rotatable bonds is 7. The standard InChI is InChI=1S/C10H17N3O2/c1-2-3-4-13-10(15)9(7-11)8-12-5-6-14/h8,12,14H,2-6H2,1H3,(H,13,15)/b9-8-. The largest absolute Gasteiger partial charge is 0.395 e. The van der Waals surface area contributed by atoms with Gasteiger partial charge in [-0.05, 0) is 6.42 Å². The second kappa shape index (κ2) is 9.03. The summed E-state index contributed by atoms with van der Waals surface area (Å²) < 4.78 is 0. The lowest BCUT2D eigenvalue weighted by Crippen LogP contribution is -2.26. The normalized spacial score (nSPS) is 10.6. The first-order valence-electron chi connectivity index (χ1n) is 4.99. The molecule has 0 saturated heterocycles. The van der Waals surface area contributed by atoms with Crippen molar-refractivity contribution in [3.05, 3.63) is 11.8 Å². The van der Waals surface area contributed by atoms with Gasteiger partial charge in [0.25, 0.3) is 5.91 Å². The Morgan fingerprint density at radius 2 is 2.27 bits per heavy atom. The van der Waals surface area contributed by atoms with Crippen LogP contribution in [0.1, 0.15) is 19.8 Å². The highest BCUT2D eigenvalue weighted by Crippen LogP contribution is 1.91. The van der Waals surface area contributed by atoms with Crippen LogP contribution in [0.15, 0.2) is 11.8 Å². The minimum atomic E-state index is -0.378.